The first-order valence-corrected chi connectivity index (χ1v) is 9.07. The van der Waals surface area contributed by atoms with Gasteiger partial charge in [0.15, 0.2) is 0 Å². The molecule has 1 aromatic carbocycles. The molecule has 0 aliphatic carbocycles. The summed E-state index contributed by atoms with van der Waals surface area (Å²) in [6.45, 7) is 13.4. The summed E-state index contributed by atoms with van der Waals surface area (Å²) >= 11 is 0. The van der Waals surface area contributed by atoms with Crippen molar-refractivity contribution < 1.29 is 14.3 Å². The lowest BCUT2D eigenvalue weighted by Gasteiger charge is -2.28. The monoisotopic (exact) mass is 335 g/mol. The smallest absolute Gasteiger partial charge is 0.256 e. The van der Waals surface area contributed by atoms with E-state index in [1.165, 1.54) is 0 Å². The highest BCUT2D eigenvalue weighted by atomic mass is 16.5. The maximum atomic E-state index is 12.7. The summed E-state index contributed by atoms with van der Waals surface area (Å²) in [5.74, 6) is 0.826. The molecule has 0 aliphatic heterocycles. The molecule has 0 aliphatic rings. The van der Waals surface area contributed by atoms with E-state index in [0.717, 1.165) is 41.8 Å². The van der Waals surface area contributed by atoms with Gasteiger partial charge in [-0.2, -0.15) is 0 Å². The third kappa shape index (κ3) is 5.52. The number of hydrogen-bond acceptors (Lipinski definition) is 3. The molecule has 0 fully saturated rings. The SMILES string of the molecule is CCCOc1c(C)cc(NC(=O)[C@@](C)(CCC)OCCC)cc1C. The zero-order valence-electron chi connectivity index (χ0n) is 16.1. The summed E-state index contributed by atoms with van der Waals surface area (Å²) in [5.41, 5.74) is 2.07. The van der Waals surface area contributed by atoms with E-state index in [0.29, 0.717) is 19.6 Å². The van der Waals surface area contributed by atoms with E-state index in [1.54, 1.807) is 0 Å². The molecule has 136 valence electrons. The predicted octanol–water partition coefficient (Wildman–Crippen LogP) is 5.02. The Hall–Kier alpha value is -1.55. The third-order valence-corrected chi connectivity index (χ3v) is 4.00. The van der Waals surface area contributed by atoms with Crippen molar-refractivity contribution in [3.8, 4) is 5.75 Å². The molecule has 0 bridgehead atoms. The van der Waals surface area contributed by atoms with E-state index in [1.807, 2.05) is 39.8 Å². The lowest BCUT2D eigenvalue weighted by molar-refractivity contribution is -0.140. The van der Waals surface area contributed by atoms with Gasteiger partial charge in [-0.15, -0.1) is 0 Å². The van der Waals surface area contributed by atoms with E-state index < -0.39 is 5.60 Å². The molecule has 0 heterocycles. The average Bonchev–Trinajstić information content (AvgIpc) is 2.52. The van der Waals surface area contributed by atoms with Crippen molar-refractivity contribution in [2.24, 2.45) is 0 Å². The maximum absolute atomic E-state index is 12.7. The predicted molar refractivity (Wildman–Crippen MR) is 99.9 cm³/mol. The minimum absolute atomic E-state index is 0.0844. The van der Waals surface area contributed by atoms with Crippen molar-refractivity contribution in [3.05, 3.63) is 23.3 Å². The van der Waals surface area contributed by atoms with Crippen LogP contribution in [0.1, 0.15) is 64.5 Å². The Morgan fingerprint density at radius 1 is 1.04 bits per heavy atom. The Morgan fingerprint density at radius 2 is 1.62 bits per heavy atom. The van der Waals surface area contributed by atoms with Gasteiger partial charge in [0.05, 0.1) is 6.61 Å². The van der Waals surface area contributed by atoms with Crippen molar-refractivity contribution in [3.63, 3.8) is 0 Å². The second-order valence-electron chi connectivity index (χ2n) is 6.57. The molecule has 1 rings (SSSR count). The van der Waals surface area contributed by atoms with Crippen molar-refractivity contribution in [2.75, 3.05) is 18.5 Å². The first kappa shape index (κ1) is 20.5. The van der Waals surface area contributed by atoms with Crippen LogP contribution >= 0.6 is 0 Å². The average molecular weight is 335 g/mol. The zero-order valence-corrected chi connectivity index (χ0v) is 16.1. The molecule has 0 aromatic heterocycles. The molecular formula is C20H33NO3. The lowest BCUT2D eigenvalue weighted by atomic mass is 9.98. The standard InChI is InChI=1S/C20H33NO3/c1-7-10-20(6,24-12-9-3)19(22)21-17-13-15(4)18(16(5)14-17)23-11-8-2/h13-14H,7-12H2,1-6H3,(H,21,22)/t20-/m1/s1. The second kappa shape index (κ2) is 9.67. The number of anilines is 1. The van der Waals surface area contributed by atoms with Crippen LogP contribution in [-0.2, 0) is 9.53 Å². The first-order chi connectivity index (χ1) is 11.4. The molecule has 4 nitrogen and oxygen atoms in total. The van der Waals surface area contributed by atoms with E-state index in [2.05, 4.69) is 19.2 Å². The van der Waals surface area contributed by atoms with Gasteiger partial charge in [-0.25, -0.2) is 0 Å². The number of benzene rings is 1. The molecule has 24 heavy (non-hydrogen) atoms. The molecular weight excluding hydrogens is 302 g/mol. The summed E-state index contributed by atoms with van der Waals surface area (Å²) < 4.78 is 11.7. The molecule has 0 saturated heterocycles. The summed E-state index contributed by atoms with van der Waals surface area (Å²) in [7, 11) is 0. The second-order valence-corrected chi connectivity index (χ2v) is 6.57. The van der Waals surface area contributed by atoms with Crippen LogP contribution in [0.15, 0.2) is 12.1 Å². The van der Waals surface area contributed by atoms with Crippen molar-refractivity contribution in [1.29, 1.82) is 0 Å². The van der Waals surface area contributed by atoms with Gasteiger partial charge < -0.3 is 14.8 Å². The van der Waals surface area contributed by atoms with Crippen LogP contribution in [0, 0.1) is 13.8 Å². The van der Waals surface area contributed by atoms with Gasteiger partial charge in [0.2, 0.25) is 0 Å². The molecule has 1 amide bonds. The highest BCUT2D eigenvalue weighted by molar-refractivity contribution is 5.97. The Morgan fingerprint density at radius 3 is 2.12 bits per heavy atom. The fourth-order valence-corrected chi connectivity index (χ4v) is 2.77. The van der Waals surface area contributed by atoms with E-state index >= 15 is 0 Å². The number of nitrogens with one attached hydrogen (secondary N) is 1. The van der Waals surface area contributed by atoms with Gasteiger partial charge >= 0.3 is 0 Å². The van der Waals surface area contributed by atoms with Crippen LogP contribution in [0.3, 0.4) is 0 Å². The van der Waals surface area contributed by atoms with Gasteiger partial charge in [-0.1, -0.05) is 27.2 Å². The van der Waals surface area contributed by atoms with Crippen LogP contribution in [0.4, 0.5) is 5.69 Å². The van der Waals surface area contributed by atoms with Gasteiger partial charge in [0.1, 0.15) is 11.4 Å². The third-order valence-electron chi connectivity index (χ3n) is 4.00. The number of aryl methyl sites for hydroxylation is 2. The van der Waals surface area contributed by atoms with Gasteiger partial charge in [-0.3, -0.25) is 4.79 Å². The minimum Gasteiger partial charge on any atom is -0.493 e. The number of carbonyl (C=O) groups is 1. The van der Waals surface area contributed by atoms with Crippen molar-refractivity contribution >= 4 is 11.6 Å². The highest BCUT2D eigenvalue weighted by Crippen LogP contribution is 2.28. The van der Waals surface area contributed by atoms with Crippen LogP contribution in [0.25, 0.3) is 0 Å². The molecule has 0 saturated carbocycles. The Labute approximate surface area is 146 Å². The maximum Gasteiger partial charge on any atom is 0.256 e. The lowest BCUT2D eigenvalue weighted by Crippen LogP contribution is -2.43. The fourth-order valence-electron chi connectivity index (χ4n) is 2.77. The quantitative estimate of drug-likeness (QED) is 0.653. The number of rotatable bonds is 10. The summed E-state index contributed by atoms with van der Waals surface area (Å²) in [6, 6.07) is 3.92. The largest absolute Gasteiger partial charge is 0.493 e. The molecule has 1 atom stereocenters. The van der Waals surface area contributed by atoms with Crippen LogP contribution in [0.2, 0.25) is 0 Å². The normalized spacial score (nSPS) is 13.4. The number of carbonyl (C=O) groups excluding carboxylic acids is 1. The summed E-state index contributed by atoms with van der Waals surface area (Å²) in [6.07, 6.45) is 3.47. The van der Waals surface area contributed by atoms with Gasteiger partial charge in [0, 0.05) is 12.3 Å². The minimum atomic E-state index is -0.788. The molecule has 4 heteroatoms. The molecule has 0 radical (unpaired) electrons. The Balaban J connectivity index is 2.92. The summed E-state index contributed by atoms with van der Waals surface area (Å²) in [4.78, 5) is 12.7. The van der Waals surface area contributed by atoms with Crippen LogP contribution in [0.5, 0.6) is 5.75 Å². The van der Waals surface area contributed by atoms with E-state index in [4.69, 9.17) is 9.47 Å². The van der Waals surface area contributed by atoms with E-state index in [-0.39, 0.29) is 5.91 Å². The summed E-state index contributed by atoms with van der Waals surface area (Å²) in [5, 5.41) is 3.02. The van der Waals surface area contributed by atoms with E-state index in [9.17, 15) is 4.79 Å². The Kier molecular flexibility index (Phi) is 8.26. The van der Waals surface area contributed by atoms with Gasteiger partial charge in [0.25, 0.3) is 5.91 Å². The molecule has 1 aromatic rings. The Bertz CT molecular complexity index is 519. The zero-order chi connectivity index (χ0) is 18.2. The number of ether oxygens (including phenoxy) is 2. The molecule has 0 spiro atoms. The van der Waals surface area contributed by atoms with Crippen molar-refractivity contribution in [2.45, 2.75) is 72.8 Å². The topological polar surface area (TPSA) is 47.6 Å². The van der Waals surface area contributed by atoms with Gasteiger partial charge in [-0.05, 0) is 63.3 Å². The van der Waals surface area contributed by atoms with Crippen LogP contribution in [-0.4, -0.2) is 24.7 Å². The highest BCUT2D eigenvalue weighted by Gasteiger charge is 2.33. The molecule has 1 N–H and O–H groups in total. The first-order valence-electron chi connectivity index (χ1n) is 9.07. The number of hydrogen-bond donors (Lipinski definition) is 1. The van der Waals surface area contributed by atoms with Crippen LogP contribution < -0.4 is 10.1 Å². The fraction of sp³-hybridized carbons (Fsp3) is 0.650. The number of amides is 1. The molecule has 0 unspecified atom stereocenters. The van der Waals surface area contributed by atoms with Crippen molar-refractivity contribution in [1.82, 2.24) is 0 Å².